The normalized spacial score (nSPS) is 11.8. The molecule has 0 unspecified atom stereocenters. The van der Waals surface area contributed by atoms with Gasteiger partial charge in [-0.25, -0.2) is 4.98 Å². The summed E-state index contributed by atoms with van der Waals surface area (Å²) in [6.45, 7) is 1.62. The fourth-order valence-corrected chi connectivity index (χ4v) is 4.31. The fourth-order valence-electron chi connectivity index (χ4n) is 3.16. The molecule has 0 N–H and O–H groups in total. The van der Waals surface area contributed by atoms with E-state index in [9.17, 15) is 4.79 Å². The van der Waals surface area contributed by atoms with Gasteiger partial charge in [-0.15, -0.1) is 11.3 Å². The van der Waals surface area contributed by atoms with E-state index in [1.165, 1.54) is 0 Å². The highest BCUT2D eigenvalue weighted by atomic mass is 32.1. The molecule has 3 heterocycles. The Hall–Kier alpha value is -2.44. The molecule has 0 fully saturated rings. The van der Waals surface area contributed by atoms with E-state index in [1.807, 2.05) is 44.4 Å². The molecule has 128 valence electrons. The summed E-state index contributed by atoms with van der Waals surface area (Å²) in [5.41, 5.74) is 1.86. The Labute approximate surface area is 149 Å². The molecule has 5 nitrogen and oxygen atoms in total. The molecule has 6 heteroatoms. The van der Waals surface area contributed by atoms with Crippen molar-refractivity contribution in [2.45, 2.75) is 6.54 Å². The first-order chi connectivity index (χ1) is 12.1. The third kappa shape index (κ3) is 2.58. The fraction of sp³-hybridized carbons (Fsp3) is 0.263. The second-order valence-corrected chi connectivity index (χ2v) is 7.30. The summed E-state index contributed by atoms with van der Waals surface area (Å²) in [5, 5.41) is 1.73. The van der Waals surface area contributed by atoms with Crippen molar-refractivity contribution in [1.82, 2.24) is 14.5 Å². The van der Waals surface area contributed by atoms with Gasteiger partial charge in [-0.3, -0.25) is 4.79 Å². The summed E-state index contributed by atoms with van der Waals surface area (Å²) in [7, 11) is 5.74. The predicted octanol–water partition coefficient (Wildman–Crippen LogP) is 3.33. The quantitative estimate of drug-likeness (QED) is 0.565. The minimum Gasteiger partial charge on any atom is -0.497 e. The van der Waals surface area contributed by atoms with Crippen LogP contribution in [0.5, 0.6) is 5.75 Å². The number of benzene rings is 1. The zero-order valence-corrected chi connectivity index (χ0v) is 15.3. The van der Waals surface area contributed by atoms with Gasteiger partial charge in [0.2, 0.25) is 5.43 Å². The monoisotopic (exact) mass is 353 g/mol. The van der Waals surface area contributed by atoms with E-state index in [4.69, 9.17) is 4.74 Å². The SMILES string of the molecule is COc1ccc2c(c1)c1sc3ncccc3c(=O)c1n2CCN(C)C. The average Bonchev–Trinajstić information content (AvgIpc) is 2.93. The number of rotatable bonds is 4. The van der Waals surface area contributed by atoms with Crippen molar-refractivity contribution in [2.24, 2.45) is 0 Å². The van der Waals surface area contributed by atoms with Gasteiger partial charge < -0.3 is 14.2 Å². The molecule has 4 aromatic rings. The number of fused-ring (bicyclic) bond motifs is 4. The molecule has 25 heavy (non-hydrogen) atoms. The van der Waals surface area contributed by atoms with Gasteiger partial charge in [-0.2, -0.15) is 0 Å². The number of nitrogens with zero attached hydrogens (tertiary/aromatic N) is 3. The molecule has 0 aliphatic rings. The van der Waals surface area contributed by atoms with Gasteiger partial charge in [0.1, 0.15) is 16.1 Å². The summed E-state index contributed by atoms with van der Waals surface area (Å²) >= 11 is 1.57. The standard InChI is InChI=1S/C19H19N3O2S/c1-21(2)9-10-22-15-7-6-12(24-3)11-14(15)18-16(22)17(23)13-5-4-8-20-19(13)25-18/h4-8,11H,9-10H2,1-3H3. The number of ether oxygens (including phenoxy) is 1. The average molecular weight is 353 g/mol. The molecule has 0 atom stereocenters. The van der Waals surface area contributed by atoms with Crippen LogP contribution in [0.25, 0.3) is 31.3 Å². The topological polar surface area (TPSA) is 47.4 Å². The molecule has 0 radical (unpaired) electrons. The zero-order valence-electron chi connectivity index (χ0n) is 14.4. The molecule has 0 saturated carbocycles. The van der Waals surface area contributed by atoms with Crippen LogP contribution in [0.2, 0.25) is 0 Å². The van der Waals surface area contributed by atoms with Crippen LogP contribution in [-0.2, 0) is 6.54 Å². The first kappa shape index (κ1) is 16.1. The lowest BCUT2D eigenvalue weighted by molar-refractivity contribution is 0.389. The summed E-state index contributed by atoms with van der Waals surface area (Å²) in [5.74, 6) is 0.792. The molecular weight excluding hydrogens is 334 g/mol. The largest absolute Gasteiger partial charge is 0.497 e. The first-order valence-electron chi connectivity index (χ1n) is 8.12. The van der Waals surface area contributed by atoms with E-state index in [0.29, 0.717) is 5.39 Å². The van der Waals surface area contributed by atoms with Crippen LogP contribution in [0, 0.1) is 0 Å². The maximum absolute atomic E-state index is 13.2. The number of aromatic nitrogens is 2. The van der Waals surface area contributed by atoms with E-state index in [2.05, 4.69) is 14.5 Å². The maximum Gasteiger partial charge on any atom is 0.213 e. The zero-order chi connectivity index (χ0) is 17.6. The number of pyridine rings is 1. The molecule has 3 aromatic heterocycles. The summed E-state index contributed by atoms with van der Waals surface area (Å²) < 4.78 is 8.50. The molecule has 0 bridgehead atoms. The van der Waals surface area contributed by atoms with E-state index in [-0.39, 0.29) is 5.43 Å². The molecule has 1 aromatic carbocycles. The Morgan fingerprint density at radius 2 is 2.08 bits per heavy atom. The highest BCUT2D eigenvalue weighted by molar-refractivity contribution is 7.25. The molecule has 0 saturated heterocycles. The Kier molecular flexibility index (Phi) is 3.94. The van der Waals surface area contributed by atoms with Gasteiger partial charge in [0.15, 0.2) is 0 Å². The van der Waals surface area contributed by atoms with E-state index < -0.39 is 0 Å². The maximum atomic E-state index is 13.2. The van der Waals surface area contributed by atoms with E-state index in [0.717, 1.165) is 44.8 Å². The summed E-state index contributed by atoms with van der Waals surface area (Å²) in [6, 6.07) is 9.66. The van der Waals surface area contributed by atoms with Crippen molar-refractivity contribution in [3.63, 3.8) is 0 Å². The number of likely N-dealkylation sites (N-methyl/N-ethyl adjacent to an activating group) is 1. The van der Waals surface area contributed by atoms with Crippen molar-refractivity contribution in [3.05, 3.63) is 46.8 Å². The molecule has 4 rings (SSSR count). The second-order valence-electron chi connectivity index (χ2n) is 6.30. The van der Waals surface area contributed by atoms with Crippen molar-refractivity contribution < 1.29 is 4.74 Å². The smallest absolute Gasteiger partial charge is 0.213 e. The van der Waals surface area contributed by atoms with Crippen LogP contribution < -0.4 is 10.2 Å². The lowest BCUT2D eigenvalue weighted by Crippen LogP contribution is -2.19. The van der Waals surface area contributed by atoms with Crippen LogP contribution in [0.4, 0.5) is 0 Å². The molecule has 0 aliphatic carbocycles. The van der Waals surface area contributed by atoms with Crippen molar-refractivity contribution in [2.75, 3.05) is 27.7 Å². The number of hydrogen-bond acceptors (Lipinski definition) is 5. The van der Waals surface area contributed by atoms with Gasteiger partial charge in [-0.1, -0.05) is 0 Å². The highest BCUT2D eigenvalue weighted by Crippen LogP contribution is 2.34. The predicted molar refractivity (Wildman–Crippen MR) is 104 cm³/mol. The highest BCUT2D eigenvalue weighted by Gasteiger charge is 2.17. The lowest BCUT2D eigenvalue weighted by atomic mass is 10.2. The van der Waals surface area contributed by atoms with Gasteiger partial charge >= 0.3 is 0 Å². The minimum absolute atomic E-state index is 0.0470. The van der Waals surface area contributed by atoms with Gasteiger partial charge in [0, 0.05) is 24.7 Å². The Balaban J connectivity index is 2.14. The minimum atomic E-state index is 0.0470. The van der Waals surface area contributed by atoms with Crippen LogP contribution >= 0.6 is 11.3 Å². The Morgan fingerprint density at radius 1 is 1.24 bits per heavy atom. The molecule has 0 spiro atoms. The Bertz CT molecular complexity index is 1140. The third-order valence-corrected chi connectivity index (χ3v) is 5.56. The summed E-state index contributed by atoms with van der Waals surface area (Å²) in [6.07, 6.45) is 1.73. The number of methoxy groups -OCH3 is 1. The molecule has 0 amide bonds. The third-order valence-electron chi connectivity index (χ3n) is 4.42. The van der Waals surface area contributed by atoms with Crippen LogP contribution in [-0.4, -0.2) is 42.2 Å². The second kappa shape index (κ2) is 6.13. The van der Waals surface area contributed by atoms with Gasteiger partial charge in [-0.05, 0) is 44.4 Å². The molecular formula is C19H19N3O2S. The lowest BCUT2D eigenvalue weighted by Gasteiger charge is -2.12. The van der Waals surface area contributed by atoms with E-state index >= 15 is 0 Å². The first-order valence-corrected chi connectivity index (χ1v) is 8.94. The van der Waals surface area contributed by atoms with Crippen molar-refractivity contribution in [1.29, 1.82) is 0 Å². The summed E-state index contributed by atoms with van der Waals surface area (Å²) in [4.78, 5) is 20.5. The molecule has 0 aliphatic heterocycles. The number of hydrogen-bond donors (Lipinski definition) is 0. The van der Waals surface area contributed by atoms with Crippen molar-refractivity contribution >= 4 is 42.7 Å². The van der Waals surface area contributed by atoms with Crippen molar-refractivity contribution in [3.8, 4) is 5.75 Å². The van der Waals surface area contributed by atoms with Gasteiger partial charge in [0.05, 0.1) is 22.7 Å². The van der Waals surface area contributed by atoms with Gasteiger partial charge in [0.25, 0.3) is 0 Å². The van der Waals surface area contributed by atoms with E-state index in [1.54, 1.807) is 24.6 Å². The van der Waals surface area contributed by atoms with Crippen LogP contribution in [0.15, 0.2) is 41.3 Å². The van der Waals surface area contributed by atoms with Crippen LogP contribution in [0.3, 0.4) is 0 Å². The Morgan fingerprint density at radius 3 is 2.84 bits per heavy atom. The van der Waals surface area contributed by atoms with Crippen LogP contribution in [0.1, 0.15) is 0 Å².